The molecule has 0 saturated carbocycles. The molecule has 0 amide bonds. The van der Waals surface area contributed by atoms with Crippen molar-refractivity contribution in [2.75, 3.05) is 33.2 Å². The second-order valence-corrected chi connectivity index (χ2v) is 8.01. The summed E-state index contributed by atoms with van der Waals surface area (Å²) in [5, 5.41) is 9.53. The van der Waals surface area contributed by atoms with Crippen molar-refractivity contribution in [2.45, 2.75) is 48.0 Å². The summed E-state index contributed by atoms with van der Waals surface area (Å²) in [5.74, 6) is -0.291. The molecule has 0 radical (unpaired) electrons. The number of halogens is 1. The van der Waals surface area contributed by atoms with E-state index in [1.54, 1.807) is 13.1 Å². The molecule has 2 aromatic carbocycles. The normalized spacial score (nSPS) is 16.9. The number of aliphatic imine (C=N–C) groups is 1. The first kappa shape index (κ1) is 34.6. The van der Waals surface area contributed by atoms with Gasteiger partial charge in [0.1, 0.15) is 5.83 Å². The molecule has 3 N–H and O–H groups in total. The number of rotatable bonds is 9. The largest absolute Gasteiger partial charge is 0.391 e. The third kappa shape index (κ3) is 14.3. The van der Waals surface area contributed by atoms with E-state index in [9.17, 15) is 4.39 Å². The number of hydrogen-bond acceptors (Lipinski definition) is 4. The van der Waals surface area contributed by atoms with Crippen LogP contribution in [-0.2, 0) is 6.42 Å². The molecule has 0 spiro atoms. The van der Waals surface area contributed by atoms with Gasteiger partial charge in [-0.05, 0) is 73.5 Å². The van der Waals surface area contributed by atoms with Gasteiger partial charge in [0.25, 0.3) is 0 Å². The molecule has 1 heterocycles. The smallest absolute Gasteiger partial charge is 0.143 e. The van der Waals surface area contributed by atoms with E-state index in [2.05, 4.69) is 76.9 Å². The average Bonchev–Trinajstić information content (AvgIpc) is 3.02. The molecule has 208 valence electrons. The van der Waals surface area contributed by atoms with Crippen LogP contribution < -0.4 is 16.0 Å². The number of allylic oxidation sites excluding steroid dienone is 5. The van der Waals surface area contributed by atoms with E-state index in [0.717, 1.165) is 48.5 Å². The summed E-state index contributed by atoms with van der Waals surface area (Å²) in [4.78, 5) is 4.19. The SMILES string of the molecule is C=CNCCc1ccccc1.CC.CC.CNCCN/C1=C/C(c2ccccc2C)=C\C(C)=C(/F)C=NC1. The number of nitrogens with zero attached hydrogens (tertiary/aromatic N) is 1. The molecule has 1 aliphatic rings. The molecule has 0 aromatic heterocycles. The third-order valence-corrected chi connectivity index (χ3v) is 5.27. The van der Waals surface area contributed by atoms with Gasteiger partial charge in [0.15, 0.2) is 0 Å². The summed E-state index contributed by atoms with van der Waals surface area (Å²) >= 11 is 0. The van der Waals surface area contributed by atoms with Crippen molar-refractivity contribution in [1.29, 1.82) is 0 Å². The fourth-order valence-electron chi connectivity index (χ4n) is 3.37. The van der Waals surface area contributed by atoms with Crippen molar-refractivity contribution in [3.8, 4) is 0 Å². The van der Waals surface area contributed by atoms with Crippen LogP contribution in [0.3, 0.4) is 0 Å². The highest BCUT2D eigenvalue weighted by molar-refractivity contribution is 5.83. The summed E-state index contributed by atoms with van der Waals surface area (Å²) < 4.78 is 14.1. The molecule has 0 unspecified atom stereocenters. The van der Waals surface area contributed by atoms with E-state index in [-0.39, 0.29) is 5.83 Å². The van der Waals surface area contributed by atoms with Gasteiger partial charge in [0, 0.05) is 25.3 Å². The number of likely N-dealkylation sites (N-methyl/N-ethyl adjacent to an activating group) is 1. The Hall–Kier alpha value is -3.44. The van der Waals surface area contributed by atoms with Crippen LogP contribution in [0.5, 0.6) is 0 Å². The minimum atomic E-state index is -0.291. The first-order chi connectivity index (χ1) is 18.5. The fraction of sp³-hybridized carbons (Fsp3) is 0.364. The first-order valence-electron chi connectivity index (χ1n) is 13.7. The van der Waals surface area contributed by atoms with E-state index in [1.807, 2.05) is 59.0 Å². The Bertz CT molecular complexity index is 1020. The highest BCUT2D eigenvalue weighted by Gasteiger charge is 2.08. The van der Waals surface area contributed by atoms with Gasteiger partial charge in [-0.2, -0.15) is 0 Å². The predicted molar refractivity (Wildman–Crippen MR) is 167 cm³/mol. The van der Waals surface area contributed by atoms with Crippen molar-refractivity contribution in [3.63, 3.8) is 0 Å². The molecular formula is C33H49FN4. The van der Waals surface area contributed by atoms with Crippen molar-refractivity contribution < 1.29 is 4.39 Å². The summed E-state index contributed by atoms with van der Waals surface area (Å²) in [6.45, 7) is 18.5. The highest BCUT2D eigenvalue weighted by atomic mass is 19.1. The Kier molecular flexibility index (Phi) is 20.7. The van der Waals surface area contributed by atoms with Gasteiger partial charge < -0.3 is 16.0 Å². The molecule has 2 aromatic rings. The minimum Gasteiger partial charge on any atom is -0.391 e. The standard InChI is InChI=1S/C19H24FN3.C10H13N.2C2H6/c1-14-6-4-5-7-18(14)16-10-15(2)19(20)13-22-12-17(11-16)23-9-8-21-3;1-2-11-9-8-10-6-4-3-5-7-10;2*1-2/h4-7,10-11,13,21,23H,8-9,12H2,1-3H3;2-7,11H,1,8-9H2;2*1-2H3/b16-10+,17-11+,19-15-,22-13?;;;. The molecule has 5 heteroatoms. The number of nitrogens with one attached hydrogen (secondary N) is 3. The van der Waals surface area contributed by atoms with Crippen LogP contribution in [0.2, 0.25) is 0 Å². The van der Waals surface area contributed by atoms with Gasteiger partial charge in [-0.25, -0.2) is 4.39 Å². The summed E-state index contributed by atoms with van der Waals surface area (Å²) in [5.41, 5.74) is 6.19. The van der Waals surface area contributed by atoms with Crippen LogP contribution in [0.15, 0.2) is 102 Å². The van der Waals surface area contributed by atoms with Gasteiger partial charge in [0.05, 0.1) is 12.8 Å². The molecule has 4 nitrogen and oxygen atoms in total. The maximum atomic E-state index is 14.1. The van der Waals surface area contributed by atoms with E-state index in [0.29, 0.717) is 12.1 Å². The highest BCUT2D eigenvalue weighted by Crippen LogP contribution is 2.24. The molecular weight excluding hydrogens is 471 g/mol. The van der Waals surface area contributed by atoms with Crippen molar-refractivity contribution in [1.82, 2.24) is 16.0 Å². The third-order valence-electron chi connectivity index (χ3n) is 5.27. The lowest BCUT2D eigenvalue weighted by Crippen LogP contribution is -2.25. The van der Waals surface area contributed by atoms with Gasteiger partial charge in [-0.3, -0.25) is 4.99 Å². The second kappa shape index (κ2) is 22.7. The Labute approximate surface area is 231 Å². The quantitative estimate of drug-likeness (QED) is 0.302. The van der Waals surface area contributed by atoms with E-state index in [1.165, 1.54) is 11.8 Å². The van der Waals surface area contributed by atoms with E-state index < -0.39 is 0 Å². The van der Waals surface area contributed by atoms with Crippen LogP contribution >= 0.6 is 0 Å². The maximum absolute atomic E-state index is 14.1. The molecule has 38 heavy (non-hydrogen) atoms. The molecule has 0 fully saturated rings. The van der Waals surface area contributed by atoms with Crippen LogP contribution in [0.1, 0.15) is 51.3 Å². The van der Waals surface area contributed by atoms with Gasteiger partial charge in [-0.15, -0.1) is 0 Å². The Morgan fingerprint density at radius 1 is 0.895 bits per heavy atom. The second-order valence-electron chi connectivity index (χ2n) is 8.01. The van der Waals surface area contributed by atoms with E-state index >= 15 is 0 Å². The monoisotopic (exact) mass is 520 g/mol. The fourth-order valence-corrected chi connectivity index (χ4v) is 3.37. The minimum absolute atomic E-state index is 0.291. The van der Waals surface area contributed by atoms with Crippen LogP contribution in [0.25, 0.3) is 5.57 Å². The summed E-state index contributed by atoms with van der Waals surface area (Å²) in [7, 11) is 1.92. The maximum Gasteiger partial charge on any atom is 0.143 e. The van der Waals surface area contributed by atoms with Crippen molar-refractivity contribution in [3.05, 3.63) is 113 Å². The zero-order valence-corrected chi connectivity index (χ0v) is 24.6. The topological polar surface area (TPSA) is 48.4 Å². The Balaban J connectivity index is 0.000000763. The summed E-state index contributed by atoms with van der Waals surface area (Å²) in [6.07, 6.45) is 8.04. The van der Waals surface area contributed by atoms with Crippen LogP contribution in [0, 0.1) is 6.92 Å². The lowest BCUT2D eigenvalue weighted by molar-refractivity contribution is 0.676. The predicted octanol–water partition coefficient (Wildman–Crippen LogP) is 7.41. The Morgan fingerprint density at radius 3 is 2.18 bits per heavy atom. The van der Waals surface area contributed by atoms with E-state index in [4.69, 9.17) is 0 Å². The van der Waals surface area contributed by atoms with Gasteiger partial charge >= 0.3 is 0 Å². The van der Waals surface area contributed by atoms with Gasteiger partial charge in [0.2, 0.25) is 0 Å². The Morgan fingerprint density at radius 2 is 1.55 bits per heavy atom. The molecule has 0 saturated heterocycles. The van der Waals surface area contributed by atoms with Crippen molar-refractivity contribution in [2.24, 2.45) is 4.99 Å². The first-order valence-corrected chi connectivity index (χ1v) is 13.7. The zero-order chi connectivity index (χ0) is 28.6. The molecule has 0 atom stereocenters. The van der Waals surface area contributed by atoms with Crippen LogP contribution in [-0.4, -0.2) is 39.4 Å². The number of aryl methyl sites for hydroxylation is 1. The molecule has 0 bridgehead atoms. The van der Waals surface area contributed by atoms with Gasteiger partial charge in [-0.1, -0.05) is 88.9 Å². The molecule has 0 aliphatic carbocycles. The lowest BCUT2D eigenvalue weighted by Gasteiger charge is -2.12. The summed E-state index contributed by atoms with van der Waals surface area (Å²) in [6, 6.07) is 18.6. The number of benzene rings is 2. The number of hydrogen-bond donors (Lipinski definition) is 3. The molecule has 1 aliphatic heterocycles. The van der Waals surface area contributed by atoms with Crippen molar-refractivity contribution >= 4 is 11.8 Å². The van der Waals surface area contributed by atoms with Crippen LogP contribution in [0.4, 0.5) is 4.39 Å². The molecule has 3 rings (SSSR count). The lowest BCUT2D eigenvalue weighted by atomic mass is 9.97. The average molecular weight is 521 g/mol. The zero-order valence-electron chi connectivity index (χ0n) is 24.6.